The molecule has 7 heteroatoms. The lowest BCUT2D eigenvalue weighted by Gasteiger charge is -2.27. The second-order valence-electron chi connectivity index (χ2n) is 6.08. The molecule has 0 radical (unpaired) electrons. The Morgan fingerprint density at radius 3 is 2.80 bits per heavy atom. The van der Waals surface area contributed by atoms with Gasteiger partial charge in [0.15, 0.2) is 0 Å². The standard InChI is InChI=1S/C18H18N4O3/c23-17-12-21(8-7-19-17)11-16-20-15-6-2-1-5-14(15)18(24)22(16)10-13-4-3-9-25-13/h1-6,9H,7-8,10-12H2,(H,19,23). The molecular formula is C18H18N4O3. The Kier molecular flexibility index (Phi) is 4.07. The molecule has 3 heterocycles. The van der Waals surface area contributed by atoms with Gasteiger partial charge in [-0.05, 0) is 24.3 Å². The largest absolute Gasteiger partial charge is 0.467 e. The summed E-state index contributed by atoms with van der Waals surface area (Å²) >= 11 is 0. The molecule has 7 nitrogen and oxygen atoms in total. The van der Waals surface area contributed by atoms with Gasteiger partial charge in [0.1, 0.15) is 11.6 Å². The lowest BCUT2D eigenvalue weighted by molar-refractivity contribution is -0.124. The third-order valence-corrected chi connectivity index (χ3v) is 4.32. The van der Waals surface area contributed by atoms with Crippen LogP contribution in [0.3, 0.4) is 0 Å². The van der Waals surface area contributed by atoms with Gasteiger partial charge in [0, 0.05) is 13.1 Å². The van der Waals surface area contributed by atoms with Crippen LogP contribution in [0, 0.1) is 0 Å². The van der Waals surface area contributed by atoms with Crippen molar-refractivity contribution in [2.24, 2.45) is 0 Å². The van der Waals surface area contributed by atoms with Crippen LogP contribution >= 0.6 is 0 Å². The highest BCUT2D eigenvalue weighted by Gasteiger charge is 2.20. The molecule has 0 spiro atoms. The fourth-order valence-corrected chi connectivity index (χ4v) is 3.08. The molecule has 0 aliphatic carbocycles. The summed E-state index contributed by atoms with van der Waals surface area (Å²) in [7, 11) is 0. The molecule has 1 fully saturated rings. The molecule has 3 aromatic rings. The first-order chi connectivity index (χ1) is 12.2. The van der Waals surface area contributed by atoms with E-state index < -0.39 is 0 Å². The van der Waals surface area contributed by atoms with Gasteiger partial charge in [-0.2, -0.15) is 0 Å². The van der Waals surface area contributed by atoms with Crippen LogP contribution in [0.2, 0.25) is 0 Å². The number of carbonyl (C=O) groups excluding carboxylic acids is 1. The summed E-state index contributed by atoms with van der Waals surface area (Å²) in [6.45, 7) is 2.40. The molecule has 4 rings (SSSR count). The summed E-state index contributed by atoms with van der Waals surface area (Å²) in [4.78, 5) is 31.3. The Morgan fingerprint density at radius 2 is 2.00 bits per heavy atom. The number of nitrogens with zero attached hydrogens (tertiary/aromatic N) is 3. The monoisotopic (exact) mass is 338 g/mol. The van der Waals surface area contributed by atoms with Crippen LogP contribution in [0.25, 0.3) is 10.9 Å². The number of amides is 1. The number of rotatable bonds is 4. The quantitative estimate of drug-likeness (QED) is 0.767. The van der Waals surface area contributed by atoms with E-state index in [1.165, 1.54) is 0 Å². The van der Waals surface area contributed by atoms with Gasteiger partial charge in [-0.25, -0.2) is 4.98 Å². The number of fused-ring (bicyclic) bond motifs is 1. The summed E-state index contributed by atoms with van der Waals surface area (Å²) in [5.41, 5.74) is 0.568. The number of hydrogen-bond acceptors (Lipinski definition) is 5. The molecule has 1 saturated heterocycles. The Morgan fingerprint density at radius 1 is 1.12 bits per heavy atom. The topological polar surface area (TPSA) is 80.4 Å². The van der Waals surface area contributed by atoms with Crippen molar-refractivity contribution < 1.29 is 9.21 Å². The molecule has 1 aliphatic rings. The highest BCUT2D eigenvalue weighted by molar-refractivity contribution is 5.79. The highest BCUT2D eigenvalue weighted by Crippen LogP contribution is 2.12. The second-order valence-corrected chi connectivity index (χ2v) is 6.08. The molecule has 128 valence electrons. The maximum atomic E-state index is 13.0. The normalized spacial score (nSPS) is 15.4. The Bertz CT molecular complexity index is 962. The predicted octanol–water partition coefficient (Wildman–Crippen LogP) is 0.970. The Balaban J connectivity index is 1.77. The lowest BCUT2D eigenvalue weighted by Crippen LogP contribution is -2.47. The van der Waals surface area contributed by atoms with E-state index in [9.17, 15) is 9.59 Å². The van der Waals surface area contributed by atoms with E-state index >= 15 is 0 Å². The van der Waals surface area contributed by atoms with Crippen molar-refractivity contribution in [3.8, 4) is 0 Å². The summed E-state index contributed by atoms with van der Waals surface area (Å²) in [6.07, 6.45) is 1.59. The van der Waals surface area contributed by atoms with Crippen molar-refractivity contribution in [1.29, 1.82) is 0 Å². The maximum Gasteiger partial charge on any atom is 0.261 e. The molecule has 1 amide bonds. The smallest absolute Gasteiger partial charge is 0.261 e. The third kappa shape index (κ3) is 3.18. The van der Waals surface area contributed by atoms with Gasteiger partial charge in [-0.15, -0.1) is 0 Å². The molecular weight excluding hydrogens is 320 g/mol. The van der Waals surface area contributed by atoms with Gasteiger partial charge in [0.25, 0.3) is 5.56 Å². The van der Waals surface area contributed by atoms with Crippen molar-refractivity contribution in [2.75, 3.05) is 19.6 Å². The van der Waals surface area contributed by atoms with Crippen LogP contribution in [-0.4, -0.2) is 40.0 Å². The van der Waals surface area contributed by atoms with E-state index in [1.807, 2.05) is 29.2 Å². The van der Waals surface area contributed by atoms with Gasteiger partial charge in [-0.1, -0.05) is 12.1 Å². The number of piperazine rings is 1. The average Bonchev–Trinajstić information content (AvgIpc) is 3.12. The Hall–Kier alpha value is -2.93. The van der Waals surface area contributed by atoms with Crippen molar-refractivity contribution >= 4 is 16.8 Å². The van der Waals surface area contributed by atoms with Crippen molar-refractivity contribution in [2.45, 2.75) is 13.1 Å². The minimum atomic E-state index is -0.0986. The zero-order valence-corrected chi connectivity index (χ0v) is 13.6. The number of benzene rings is 1. The molecule has 0 unspecified atom stereocenters. The van der Waals surface area contributed by atoms with Crippen LogP contribution in [0.15, 0.2) is 51.9 Å². The number of carbonyl (C=O) groups is 1. The fraction of sp³-hybridized carbons (Fsp3) is 0.278. The van der Waals surface area contributed by atoms with E-state index in [0.29, 0.717) is 48.7 Å². The number of nitrogens with one attached hydrogen (secondary N) is 1. The number of para-hydroxylation sites is 1. The van der Waals surface area contributed by atoms with Crippen LogP contribution in [0.4, 0.5) is 0 Å². The average molecular weight is 338 g/mol. The van der Waals surface area contributed by atoms with Crippen LogP contribution in [0.1, 0.15) is 11.6 Å². The summed E-state index contributed by atoms with van der Waals surface area (Å²) in [6, 6.07) is 10.9. The zero-order valence-electron chi connectivity index (χ0n) is 13.6. The molecule has 2 aromatic heterocycles. The zero-order chi connectivity index (χ0) is 17.2. The van der Waals surface area contributed by atoms with E-state index in [0.717, 1.165) is 6.54 Å². The van der Waals surface area contributed by atoms with Crippen LogP contribution < -0.4 is 10.9 Å². The molecule has 1 N–H and O–H groups in total. The van der Waals surface area contributed by atoms with Gasteiger partial charge >= 0.3 is 0 Å². The second kappa shape index (κ2) is 6.52. The fourth-order valence-electron chi connectivity index (χ4n) is 3.08. The number of furan rings is 1. The van der Waals surface area contributed by atoms with E-state index in [4.69, 9.17) is 4.42 Å². The number of hydrogen-bond donors (Lipinski definition) is 1. The summed E-state index contributed by atoms with van der Waals surface area (Å²) in [5, 5.41) is 3.38. The van der Waals surface area contributed by atoms with E-state index in [2.05, 4.69) is 10.3 Å². The molecule has 0 bridgehead atoms. The van der Waals surface area contributed by atoms with Crippen LogP contribution in [-0.2, 0) is 17.9 Å². The van der Waals surface area contributed by atoms with Gasteiger partial charge in [-0.3, -0.25) is 19.1 Å². The minimum absolute atomic E-state index is 0.00743. The predicted molar refractivity (Wildman–Crippen MR) is 92.1 cm³/mol. The van der Waals surface area contributed by atoms with Gasteiger partial charge < -0.3 is 9.73 Å². The molecule has 1 aliphatic heterocycles. The first-order valence-corrected chi connectivity index (χ1v) is 8.20. The molecule has 25 heavy (non-hydrogen) atoms. The molecule has 0 saturated carbocycles. The Labute approximate surface area is 143 Å². The van der Waals surface area contributed by atoms with E-state index in [-0.39, 0.29) is 11.5 Å². The lowest BCUT2D eigenvalue weighted by atomic mass is 10.2. The van der Waals surface area contributed by atoms with Crippen LogP contribution in [0.5, 0.6) is 0 Å². The highest BCUT2D eigenvalue weighted by atomic mass is 16.3. The molecule has 1 aromatic carbocycles. The minimum Gasteiger partial charge on any atom is -0.467 e. The van der Waals surface area contributed by atoms with Gasteiger partial charge in [0.05, 0.1) is 36.8 Å². The first kappa shape index (κ1) is 15.6. The van der Waals surface area contributed by atoms with Crippen molar-refractivity contribution in [3.63, 3.8) is 0 Å². The SMILES string of the molecule is O=C1CN(Cc2nc3ccccc3c(=O)n2Cc2ccco2)CCN1. The van der Waals surface area contributed by atoms with Crippen molar-refractivity contribution in [3.05, 3.63) is 64.6 Å². The number of aromatic nitrogens is 2. The third-order valence-electron chi connectivity index (χ3n) is 4.32. The van der Waals surface area contributed by atoms with Crippen molar-refractivity contribution in [1.82, 2.24) is 19.8 Å². The molecule has 0 atom stereocenters. The van der Waals surface area contributed by atoms with E-state index in [1.54, 1.807) is 23.0 Å². The summed E-state index contributed by atoms with van der Waals surface area (Å²) in [5.74, 6) is 1.32. The first-order valence-electron chi connectivity index (χ1n) is 8.20. The maximum absolute atomic E-state index is 13.0. The van der Waals surface area contributed by atoms with Gasteiger partial charge in [0.2, 0.25) is 5.91 Å². The summed E-state index contributed by atoms with van der Waals surface area (Å²) < 4.78 is 7.03.